The van der Waals surface area contributed by atoms with E-state index in [4.69, 9.17) is 0 Å². The van der Waals surface area contributed by atoms with Gasteiger partial charge in [0.25, 0.3) is 0 Å². The molecule has 1 aromatic carbocycles. The Kier molecular flexibility index (Phi) is 4.63. The van der Waals surface area contributed by atoms with Crippen LogP contribution in [0.4, 0.5) is 4.39 Å². The van der Waals surface area contributed by atoms with E-state index in [0.29, 0.717) is 5.56 Å². The van der Waals surface area contributed by atoms with Crippen LogP contribution >= 0.6 is 0 Å². The molecule has 0 fully saturated rings. The maximum absolute atomic E-state index is 12.6. The molecule has 1 rings (SSSR count). The lowest BCUT2D eigenvalue weighted by Gasteiger charge is -2.15. The highest BCUT2D eigenvalue weighted by Gasteiger charge is 2.13. The molecule has 0 aliphatic heterocycles. The summed E-state index contributed by atoms with van der Waals surface area (Å²) in [5.41, 5.74) is 0.702. The zero-order valence-electron chi connectivity index (χ0n) is 9.77. The molecular weight excluding hydrogens is 225 g/mol. The summed E-state index contributed by atoms with van der Waals surface area (Å²) >= 11 is 0. The molecule has 0 saturated carbocycles. The van der Waals surface area contributed by atoms with Crippen LogP contribution in [0.2, 0.25) is 0 Å². The minimum atomic E-state index is -0.472. The first-order valence-corrected chi connectivity index (χ1v) is 5.08. The summed E-state index contributed by atoms with van der Waals surface area (Å²) in [7, 11) is 2.78. The Hall–Kier alpha value is -1.91. The Morgan fingerprint density at radius 2 is 1.88 bits per heavy atom. The monoisotopic (exact) mass is 239 g/mol. The van der Waals surface area contributed by atoms with Crippen molar-refractivity contribution in [2.45, 2.75) is 6.42 Å². The van der Waals surface area contributed by atoms with Crippen molar-refractivity contribution < 1.29 is 18.7 Å². The number of hydrogen-bond acceptors (Lipinski definition) is 3. The smallest absolute Gasteiger partial charge is 0.325 e. The fraction of sp³-hybridized carbons (Fsp3) is 0.333. The highest BCUT2D eigenvalue weighted by molar-refractivity contribution is 5.83. The lowest BCUT2D eigenvalue weighted by molar-refractivity contribution is -0.145. The number of methoxy groups -OCH3 is 1. The molecule has 0 bridgehead atoms. The first-order chi connectivity index (χ1) is 8.02. The fourth-order valence-electron chi connectivity index (χ4n) is 1.26. The normalized spacial score (nSPS) is 9.82. The maximum Gasteiger partial charge on any atom is 0.325 e. The van der Waals surface area contributed by atoms with Gasteiger partial charge < -0.3 is 9.64 Å². The molecule has 4 nitrogen and oxygen atoms in total. The van der Waals surface area contributed by atoms with Gasteiger partial charge in [0.15, 0.2) is 0 Å². The molecule has 0 radical (unpaired) electrons. The highest BCUT2D eigenvalue weighted by Crippen LogP contribution is 2.05. The Balaban J connectivity index is 2.54. The fourth-order valence-corrected chi connectivity index (χ4v) is 1.26. The summed E-state index contributed by atoms with van der Waals surface area (Å²) in [4.78, 5) is 23.9. The van der Waals surface area contributed by atoms with Crippen LogP contribution in [0, 0.1) is 5.82 Å². The number of likely N-dealkylation sites (N-methyl/N-ethyl adjacent to an activating group) is 1. The van der Waals surface area contributed by atoms with E-state index in [1.807, 2.05) is 0 Å². The molecule has 0 unspecified atom stereocenters. The second-order valence-corrected chi connectivity index (χ2v) is 3.63. The largest absolute Gasteiger partial charge is 0.468 e. The average molecular weight is 239 g/mol. The summed E-state index contributed by atoms with van der Waals surface area (Å²) in [5, 5.41) is 0. The van der Waals surface area contributed by atoms with Crippen LogP contribution in [0.5, 0.6) is 0 Å². The molecule has 0 aromatic heterocycles. The number of halogens is 1. The summed E-state index contributed by atoms with van der Waals surface area (Å²) in [5.74, 6) is -1.04. The highest BCUT2D eigenvalue weighted by atomic mass is 19.1. The third kappa shape index (κ3) is 4.22. The zero-order chi connectivity index (χ0) is 12.8. The van der Waals surface area contributed by atoms with Crippen molar-refractivity contribution in [2.24, 2.45) is 0 Å². The standard InChI is InChI=1S/C12H14FNO3/c1-14(8-12(16)17-2)11(15)7-9-3-5-10(13)6-4-9/h3-6H,7-8H2,1-2H3. The van der Waals surface area contributed by atoms with Gasteiger partial charge >= 0.3 is 5.97 Å². The topological polar surface area (TPSA) is 46.6 Å². The second-order valence-electron chi connectivity index (χ2n) is 3.63. The van der Waals surface area contributed by atoms with E-state index in [1.165, 1.54) is 31.2 Å². The summed E-state index contributed by atoms with van der Waals surface area (Å²) in [6.07, 6.45) is 0.133. The summed E-state index contributed by atoms with van der Waals surface area (Å²) in [6, 6.07) is 5.67. The number of carbonyl (C=O) groups excluding carboxylic acids is 2. The van der Waals surface area contributed by atoms with Crippen molar-refractivity contribution in [3.8, 4) is 0 Å². The Labute approximate surface area is 99.0 Å². The van der Waals surface area contributed by atoms with Crippen LogP contribution in [-0.2, 0) is 20.7 Å². The summed E-state index contributed by atoms with van der Waals surface area (Å²) in [6.45, 7) is -0.0868. The van der Waals surface area contributed by atoms with Crippen molar-refractivity contribution in [3.63, 3.8) is 0 Å². The summed E-state index contributed by atoms with van der Waals surface area (Å²) < 4.78 is 17.1. The van der Waals surface area contributed by atoms with Gasteiger partial charge in [-0.1, -0.05) is 12.1 Å². The molecule has 0 aliphatic rings. The molecule has 0 saturated heterocycles. The molecule has 0 N–H and O–H groups in total. The molecule has 92 valence electrons. The maximum atomic E-state index is 12.6. The molecule has 5 heteroatoms. The number of hydrogen-bond donors (Lipinski definition) is 0. The van der Waals surface area contributed by atoms with Crippen LogP contribution in [0.3, 0.4) is 0 Å². The van der Waals surface area contributed by atoms with Gasteiger partial charge in [-0.2, -0.15) is 0 Å². The zero-order valence-corrected chi connectivity index (χ0v) is 9.77. The van der Waals surface area contributed by atoms with Gasteiger partial charge in [0, 0.05) is 7.05 Å². The third-order valence-corrected chi connectivity index (χ3v) is 2.29. The second kappa shape index (κ2) is 5.98. The van der Waals surface area contributed by atoms with Crippen molar-refractivity contribution in [1.29, 1.82) is 0 Å². The van der Waals surface area contributed by atoms with Crippen molar-refractivity contribution in [1.82, 2.24) is 4.90 Å². The molecular formula is C12H14FNO3. The average Bonchev–Trinajstić information content (AvgIpc) is 2.31. The quantitative estimate of drug-likeness (QED) is 0.736. The Bertz CT molecular complexity index is 403. The molecule has 0 heterocycles. The van der Waals surface area contributed by atoms with E-state index in [9.17, 15) is 14.0 Å². The molecule has 1 aromatic rings. The molecule has 0 aliphatic carbocycles. The van der Waals surface area contributed by atoms with Crippen molar-refractivity contribution in [3.05, 3.63) is 35.6 Å². The van der Waals surface area contributed by atoms with Gasteiger partial charge in [0.1, 0.15) is 12.4 Å². The lowest BCUT2D eigenvalue weighted by Crippen LogP contribution is -2.33. The molecule has 17 heavy (non-hydrogen) atoms. The number of rotatable bonds is 4. The third-order valence-electron chi connectivity index (χ3n) is 2.29. The SMILES string of the molecule is COC(=O)CN(C)C(=O)Cc1ccc(F)cc1. The van der Waals surface area contributed by atoms with E-state index in [0.717, 1.165) is 0 Å². The number of esters is 1. The van der Waals surface area contributed by atoms with Crippen LogP contribution in [0.25, 0.3) is 0 Å². The van der Waals surface area contributed by atoms with Crippen molar-refractivity contribution in [2.75, 3.05) is 20.7 Å². The van der Waals surface area contributed by atoms with Gasteiger partial charge in [-0.3, -0.25) is 9.59 Å². The van der Waals surface area contributed by atoms with Crippen LogP contribution in [0.1, 0.15) is 5.56 Å². The van der Waals surface area contributed by atoms with E-state index in [2.05, 4.69) is 4.74 Å². The predicted octanol–water partition coefficient (Wildman–Crippen LogP) is 1.000. The number of ether oxygens (including phenoxy) is 1. The van der Waals surface area contributed by atoms with E-state index in [1.54, 1.807) is 12.1 Å². The van der Waals surface area contributed by atoms with Gasteiger partial charge in [-0.05, 0) is 17.7 Å². The van der Waals surface area contributed by atoms with Crippen LogP contribution in [0.15, 0.2) is 24.3 Å². The molecule has 0 atom stereocenters. The van der Waals surface area contributed by atoms with Crippen LogP contribution in [-0.4, -0.2) is 37.5 Å². The first kappa shape index (κ1) is 13.2. The number of amides is 1. The number of carbonyl (C=O) groups is 2. The van der Waals surface area contributed by atoms with Gasteiger partial charge in [0.2, 0.25) is 5.91 Å². The van der Waals surface area contributed by atoms with E-state index >= 15 is 0 Å². The van der Waals surface area contributed by atoms with Crippen molar-refractivity contribution >= 4 is 11.9 Å². The minimum Gasteiger partial charge on any atom is -0.468 e. The van der Waals surface area contributed by atoms with E-state index < -0.39 is 5.97 Å². The number of benzene rings is 1. The van der Waals surface area contributed by atoms with E-state index in [-0.39, 0.29) is 24.7 Å². The molecule has 1 amide bonds. The predicted molar refractivity (Wildman–Crippen MR) is 59.8 cm³/mol. The molecule has 0 spiro atoms. The first-order valence-electron chi connectivity index (χ1n) is 5.08. The minimum absolute atomic E-state index is 0.0868. The number of nitrogens with zero attached hydrogens (tertiary/aromatic N) is 1. The lowest BCUT2D eigenvalue weighted by atomic mass is 10.1. The van der Waals surface area contributed by atoms with Gasteiger partial charge in [-0.25, -0.2) is 4.39 Å². The Morgan fingerprint density at radius 1 is 1.29 bits per heavy atom. The van der Waals surface area contributed by atoms with Crippen LogP contribution < -0.4 is 0 Å². The Morgan fingerprint density at radius 3 is 2.41 bits per heavy atom. The van der Waals surface area contributed by atoms with Gasteiger partial charge in [0.05, 0.1) is 13.5 Å². The van der Waals surface area contributed by atoms with Gasteiger partial charge in [-0.15, -0.1) is 0 Å².